The summed E-state index contributed by atoms with van der Waals surface area (Å²) in [5.41, 5.74) is 6.83. The molecule has 0 atom stereocenters. The minimum Gasteiger partial charge on any atom is -0.397 e. The lowest BCUT2D eigenvalue weighted by Gasteiger charge is -2.03. The molecule has 2 aromatic heterocycles. The van der Waals surface area contributed by atoms with E-state index in [1.165, 1.54) is 0 Å². The average molecular weight is 210 g/mol. The molecule has 0 amide bonds. The SMILES string of the molecule is Cn1cnnc1-c1nc(Cl)ccc1N. The van der Waals surface area contributed by atoms with Crippen molar-refractivity contribution in [2.24, 2.45) is 7.05 Å². The zero-order valence-corrected chi connectivity index (χ0v) is 8.23. The molecule has 0 bridgehead atoms. The van der Waals surface area contributed by atoms with Crippen LogP contribution in [0.25, 0.3) is 11.5 Å². The molecule has 0 fully saturated rings. The average Bonchev–Trinajstić information content (AvgIpc) is 2.56. The highest BCUT2D eigenvalue weighted by molar-refractivity contribution is 6.29. The Bertz CT molecular complexity index is 465. The third-order valence-electron chi connectivity index (χ3n) is 1.82. The van der Waals surface area contributed by atoms with Gasteiger partial charge < -0.3 is 10.3 Å². The number of rotatable bonds is 1. The molecule has 5 nitrogen and oxygen atoms in total. The van der Waals surface area contributed by atoms with Crippen molar-refractivity contribution in [2.45, 2.75) is 0 Å². The van der Waals surface area contributed by atoms with Crippen molar-refractivity contribution in [3.05, 3.63) is 23.6 Å². The number of hydrogen-bond acceptors (Lipinski definition) is 4. The van der Waals surface area contributed by atoms with Crippen LogP contribution in [-0.2, 0) is 7.05 Å². The van der Waals surface area contributed by atoms with Crippen molar-refractivity contribution >= 4 is 17.3 Å². The van der Waals surface area contributed by atoms with Crippen molar-refractivity contribution in [2.75, 3.05) is 5.73 Å². The second-order valence-electron chi connectivity index (χ2n) is 2.84. The summed E-state index contributed by atoms with van der Waals surface area (Å²) < 4.78 is 1.73. The van der Waals surface area contributed by atoms with Gasteiger partial charge in [-0.3, -0.25) is 0 Å². The topological polar surface area (TPSA) is 69.6 Å². The van der Waals surface area contributed by atoms with Crippen molar-refractivity contribution in [3.63, 3.8) is 0 Å². The Kier molecular flexibility index (Phi) is 2.09. The minimum absolute atomic E-state index is 0.386. The Hall–Kier alpha value is -1.62. The largest absolute Gasteiger partial charge is 0.397 e. The number of aryl methyl sites for hydroxylation is 1. The van der Waals surface area contributed by atoms with E-state index >= 15 is 0 Å². The Balaban J connectivity index is 2.62. The van der Waals surface area contributed by atoms with Crippen LogP contribution in [0.15, 0.2) is 18.5 Å². The summed E-state index contributed by atoms with van der Waals surface area (Å²) in [4.78, 5) is 4.09. The third-order valence-corrected chi connectivity index (χ3v) is 2.03. The van der Waals surface area contributed by atoms with Gasteiger partial charge in [0.1, 0.15) is 17.2 Å². The van der Waals surface area contributed by atoms with Gasteiger partial charge in [0.05, 0.1) is 5.69 Å². The number of anilines is 1. The van der Waals surface area contributed by atoms with Gasteiger partial charge >= 0.3 is 0 Å². The van der Waals surface area contributed by atoms with E-state index in [1.807, 2.05) is 7.05 Å². The highest BCUT2D eigenvalue weighted by Gasteiger charge is 2.10. The molecular weight excluding hydrogens is 202 g/mol. The molecule has 0 saturated carbocycles. The highest BCUT2D eigenvalue weighted by Crippen LogP contribution is 2.22. The number of nitrogens with two attached hydrogens (primary N) is 1. The Morgan fingerprint density at radius 3 is 2.86 bits per heavy atom. The fraction of sp³-hybridized carbons (Fsp3) is 0.125. The first-order valence-electron chi connectivity index (χ1n) is 3.95. The molecule has 0 unspecified atom stereocenters. The Morgan fingerprint density at radius 1 is 1.43 bits per heavy atom. The van der Waals surface area contributed by atoms with E-state index in [2.05, 4.69) is 15.2 Å². The van der Waals surface area contributed by atoms with E-state index in [4.69, 9.17) is 17.3 Å². The van der Waals surface area contributed by atoms with E-state index in [0.717, 1.165) is 0 Å². The zero-order valence-electron chi connectivity index (χ0n) is 7.48. The quantitative estimate of drug-likeness (QED) is 0.715. The van der Waals surface area contributed by atoms with E-state index in [1.54, 1.807) is 23.0 Å². The van der Waals surface area contributed by atoms with Crippen molar-refractivity contribution in [1.82, 2.24) is 19.7 Å². The van der Waals surface area contributed by atoms with Gasteiger partial charge in [-0.05, 0) is 12.1 Å². The Morgan fingerprint density at radius 2 is 2.21 bits per heavy atom. The maximum atomic E-state index is 5.76. The van der Waals surface area contributed by atoms with E-state index in [9.17, 15) is 0 Å². The van der Waals surface area contributed by atoms with Gasteiger partial charge in [0.25, 0.3) is 0 Å². The van der Waals surface area contributed by atoms with E-state index < -0.39 is 0 Å². The summed E-state index contributed by atoms with van der Waals surface area (Å²) in [5.74, 6) is 0.602. The van der Waals surface area contributed by atoms with Crippen LogP contribution in [0.2, 0.25) is 5.15 Å². The van der Waals surface area contributed by atoms with Crippen molar-refractivity contribution in [1.29, 1.82) is 0 Å². The van der Waals surface area contributed by atoms with Crippen LogP contribution in [-0.4, -0.2) is 19.7 Å². The van der Waals surface area contributed by atoms with Crippen LogP contribution in [0.1, 0.15) is 0 Å². The molecule has 2 rings (SSSR count). The molecule has 0 aliphatic heterocycles. The molecule has 14 heavy (non-hydrogen) atoms. The van der Waals surface area contributed by atoms with Gasteiger partial charge in [-0.15, -0.1) is 10.2 Å². The summed E-state index contributed by atoms with van der Waals surface area (Å²) in [7, 11) is 1.82. The summed E-state index contributed by atoms with van der Waals surface area (Å²) in [6.07, 6.45) is 1.58. The molecule has 0 aliphatic rings. The van der Waals surface area contributed by atoms with Crippen LogP contribution >= 0.6 is 11.6 Å². The predicted octanol–water partition coefficient (Wildman–Crippen LogP) is 1.11. The molecule has 0 saturated heterocycles. The normalized spacial score (nSPS) is 10.4. The van der Waals surface area contributed by atoms with Crippen molar-refractivity contribution < 1.29 is 0 Å². The molecule has 0 aromatic carbocycles. The lowest BCUT2D eigenvalue weighted by molar-refractivity contribution is 0.914. The summed E-state index contributed by atoms with van der Waals surface area (Å²) >= 11 is 5.76. The standard InChI is InChI=1S/C8H8ClN5/c1-14-4-11-13-8(14)7-5(10)2-3-6(9)12-7/h2-4H,10H2,1H3. The third kappa shape index (κ3) is 1.42. The van der Waals surface area contributed by atoms with Crippen LogP contribution in [0.3, 0.4) is 0 Å². The molecule has 6 heteroatoms. The summed E-state index contributed by atoms with van der Waals surface area (Å²) in [5, 5.41) is 8.03. The van der Waals surface area contributed by atoms with Crippen LogP contribution in [0.5, 0.6) is 0 Å². The number of pyridine rings is 1. The molecule has 2 aromatic rings. The molecule has 0 aliphatic carbocycles. The lowest BCUT2D eigenvalue weighted by Crippen LogP contribution is -1.99. The molecule has 2 heterocycles. The first kappa shape index (κ1) is 8.96. The molecule has 2 N–H and O–H groups in total. The van der Waals surface area contributed by atoms with Gasteiger partial charge in [-0.1, -0.05) is 11.6 Å². The molecule has 72 valence electrons. The fourth-order valence-corrected chi connectivity index (χ4v) is 1.27. The summed E-state index contributed by atoms with van der Waals surface area (Å²) in [6, 6.07) is 3.33. The lowest BCUT2D eigenvalue weighted by atomic mass is 10.3. The molecular formula is C8H8ClN5. The van der Waals surface area contributed by atoms with Gasteiger partial charge in [-0.25, -0.2) is 4.98 Å². The number of aromatic nitrogens is 4. The number of nitrogens with zero attached hydrogens (tertiary/aromatic N) is 4. The van der Waals surface area contributed by atoms with Gasteiger partial charge in [0.15, 0.2) is 5.82 Å². The maximum Gasteiger partial charge on any atom is 0.184 e. The smallest absolute Gasteiger partial charge is 0.184 e. The zero-order chi connectivity index (χ0) is 10.1. The molecule has 0 spiro atoms. The monoisotopic (exact) mass is 209 g/mol. The van der Waals surface area contributed by atoms with Crippen LogP contribution in [0.4, 0.5) is 5.69 Å². The van der Waals surface area contributed by atoms with Crippen LogP contribution < -0.4 is 5.73 Å². The molecule has 0 radical (unpaired) electrons. The second-order valence-corrected chi connectivity index (χ2v) is 3.22. The minimum atomic E-state index is 0.386. The number of nitrogen functional groups attached to an aromatic ring is 1. The van der Waals surface area contributed by atoms with E-state index in [0.29, 0.717) is 22.4 Å². The first-order chi connectivity index (χ1) is 6.68. The summed E-state index contributed by atoms with van der Waals surface area (Å²) in [6.45, 7) is 0. The van der Waals surface area contributed by atoms with Crippen molar-refractivity contribution in [3.8, 4) is 11.5 Å². The first-order valence-corrected chi connectivity index (χ1v) is 4.32. The van der Waals surface area contributed by atoms with Crippen LogP contribution in [0, 0.1) is 0 Å². The maximum absolute atomic E-state index is 5.76. The number of halogens is 1. The highest BCUT2D eigenvalue weighted by atomic mass is 35.5. The van der Waals surface area contributed by atoms with Gasteiger partial charge in [0.2, 0.25) is 0 Å². The van der Waals surface area contributed by atoms with Gasteiger partial charge in [0, 0.05) is 7.05 Å². The Labute approximate surface area is 85.5 Å². The fourth-order valence-electron chi connectivity index (χ4n) is 1.12. The number of hydrogen-bond donors (Lipinski definition) is 1. The second kappa shape index (κ2) is 3.26. The van der Waals surface area contributed by atoms with Gasteiger partial charge in [-0.2, -0.15) is 0 Å². The predicted molar refractivity (Wildman–Crippen MR) is 53.7 cm³/mol. The van der Waals surface area contributed by atoms with E-state index in [-0.39, 0.29) is 0 Å².